The fourth-order valence-electron chi connectivity index (χ4n) is 5.80. The van der Waals surface area contributed by atoms with E-state index in [1.807, 2.05) is 0 Å². The summed E-state index contributed by atoms with van der Waals surface area (Å²) in [7, 11) is 0. The molecule has 0 N–H and O–H groups in total. The van der Waals surface area contributed by atoms with Gasteiger partial charge in [-0.05, 0) is 0 Å². The van der Waals surface area contributed by atoms with Crippen molar-refractivity contribution in [2.45, 2.75) is 116 Å². The van der Waals surface area contributed by atoms with Gasteiger partial charge in [0.2, 0.25) is 0 Å². The third kappa shape index (κ3) is 7.65. The molecule has 0 radical (unpaired) electrons. The van der Waals surface area contributed by atoms with Crippen molar-refractivity contribution in [1.29, 1.82) is 0 Å². The minimum absolute atomic E-state index is 0.125. The van der Waals surface area contributed by atoms with Crippen LogP contribution in [0.15, 0.2) is 0 Å². The van der Waals surface area contributed by atoms with E-state index in [-0.39, 0.29) is 15.0 Å². The fourth-order valence-corrected chi connectivity index (χ4v) is 5.80. The Hall–Kier alpha value is 1.59. The summed E-state index contributed by atoms with van der Waals surface area (Å²) in [4.78, 5) is 0. The summed E-state index contributed by atoms with van der Waals surface area (Å²) in [5.74, 6) is 3.13. The fraction of sp³-hybridized carbons (Fsp3) is 1.00. The van der Waals surface area contributed by atoms with E-state index in [0.29, 0.717) is 24.2 Å². The molecule has 0 amide bonds. The molecular weight excluding hydrogens is 500 g/mol. The van der Waals surface area contributed by atoms with Crippen molar-refractivity contribution < 1.29 is 15.0 Å². The molecule has 3 fully saturated rings. The van der Waals surface area contributed by atoms with Crippen molar-refractivity contribution in [2.75, 3.05) is 0 Å². The molecule has 6 atom stereocenters. The van der Waals surface area contributed by atoms with Crippen molar-refractivity contribution in [3.8, 4) is 0 Å². The summed E-state index contributed by atoms with van der Waals surface area (Å²) in [6.07, 6.45) is 13.6. The average molecular weight is 540 g/mol. The molecule has 27 heavy (non-hydrogen) atoms. The number of halogens is 2. The first-order valence-electron chi connectivity index (χ1n) is 11.3. The van der Waals surface area contributed by atoms with Crippen LogP contribution in [0.2, 0.25) is 0 Å². The molecule has 2 nitrogen and oxygen atoms in total. The van der Waals surface area contributed by atoms with Gasteiger partial charge in [0.25, 0.3) is 0 Å². The average Bonchev–Trinajstić information content (AvgIpc) is 2.63. The summed E-state index contributed by atoms with van der Waals surface area (Å²) >= 11 is 6.50. The van der Waals surface area contributed by atoms with Gasteiger partial charge in [0.15, 0.2) is 0 Å². The van der Waals surface area contributed by atoms with Crippen molar-refractivity contribution in [3.05, 3.63) is 10.6 Å². The van der Waals surface area contributed by atoms with E-state index in [4.69, 9.17) is 10.6 Å². The molecule has 0 aromatic rings. The predicted molar refractivity (Wildman–Crippen MR) is 123 cm³/mol. The zero-order valence-electron chi connectivity index (χ0n) is 17.8. The molecule has 158 valence electrons. The van der Waals surface area contributed by atoms with Gasteiger partial charge in [-0.1, -0.05) is 116 Å². The van der Waals surface area contributed by atoms with Gasteiger partial charge >= 0.3 is 41.3 Å². The van der Waals surface area contributed by atoms with E-state index in [0.717, 1.165) is 23.7 Å². The molecule has 6 unspecified atom stereocenters. The number of rotatable bonds is 4. The van der Waals surface area contributed by atoms with Crippen LogP contribution in [-0.4, -0.2) is 24.2 Å². The molecule has 0 aliphatic heterocycles. The Balaban J connectivity index is 0.000000817. The van der Waals surface area contributed by atoms with Crippen LogP contribution < -0.4 is 0 Å². The second-order valence-electron chi connectivity index (χ2n) is 9.54. The zero-order valence-corrected chi connectivity index (χ0v) is 22.6. The van der Waals surface area contributed by atoms with E-state index in [1.165, 1.54) is 64.2 Å². The van der Waals surface area contributed by atoms with E-state index < -0.39 is 0 Å². The molecule has 0 saturated heterocycles. The van der Waals surface area contributed by atoms with Gasteiger partial charge < -0.3 is 10.6 Å². The van der Waals surface area contributed by atoms with Gasteiger partial charge in [-0.3, -0.25) is 0 Å². The summed E-state index contributed by atoms with van der Waals surface area (Å²) in [6.45, 7) is 9.74. The molecule has 3 aliphatic rings. The predicted octanol–water partition coefficient (Wildman–Crippen LogP) is 8.38. The van der Waals surface area contributed by atoms with Crippen LogP contribution >= 0.6 is 26.3 Å². The van der Waals surface area contributed by atoms with Gasteiger partial charge in [-0.15, -0.1) is 12.1 Å². The second kappa shape index (κ2) is 13.1. The molecule has 3 saturated carbocycles. The van der Waals surface area contributed by atoms with Crippen LogP contribution in [0.1, 0.15) is 91.9 Å². The Bertz CT molecular complexity index is 356. The van der Waals surface area contributed by atoms with E-state index in [2.05, 4.69) is 54.0 Å². The maximum absolute atomic E-state index is 5.46. The molecule has 0 bridgehead atoms. The van der Waals surface area contributed by atoms with Crippen LogP contribution in [0.3, 0.4) is 0 Å². The quantitative estimate of drug-likeness (QED) is 0.321. The molecule has 0 aromatic heterocycles. The SMILES string of the molecule is CC1CCCC(C)C1[N-]C1CCCCC1[N-]C1C(C)CCCC1C.[Br][Ti][Br]. The van der Waals surface area contributed by atoms with Gasteiger partial charge in [0.05, 0.1) is 0 Å². The monoisotopic (exact) mass is 538 g/mol. The topological polar surface area (TPSA) is 28.2 Å². The first-order chi connectivity index (χ1) is 13.0. The van der Waals surface area contributed by atoms with Gasteiger partial charge in [0.1, 0.15) is 0 Å². The molecule has 3 rings (SSSR count). The molecule has 0 aromatic carbocycles. The van der Waals surface area contributed by atoms with Gasteiger partial charge in [-0.2, -0.15) is 12.1 Å². The van der Waals surface area contributed by atoms with Crippen LogP contribution in [0.5, 0.6) is 0 Å². The number of hydrogen-bond donors (Lipinski definition) is 0. The molecule has 3 aliphatic carbocycles. The van der Waals surface area contributed by atoms with Crippen LogP contribution in [0.4, 0.5) is 0 Å². The Labute approximate surface area is 190 Å². The molecule has 0 heterocycles. The summed E-state index contributed by atoms with van der Waals surface area (Å²) in [5.41, 5.74) is 0. The molecule has 0 spiro atoms. The standard InChI is InChI=1S/C22H40N2.2BrH.Ti/c1-15-9-7-10-16(2)21(15)23-19-13-5-6-14-20(19)24-22-17(3)11-8-12-18(22)4;;;/h15-22H,5-14H2,1-4H3;2*1H;/q-2;;;+2/p-2. The van der Waals surface area contributed by atoms with Crippen molar-refractivity contribution in [2.24, 2.45) is 23.7 Å². The Morgan fingerprint density at radius 3 is 1.15 bits per heavy atom. The number of hydrogen-bond acceptors (Lipinski definition) is 0. The Kier molecular flexibility index (Phi) is 12.1. The van der Waals surface area contributed by atoms with Crippen LogP contribution in [0.25, 0.3) is 10.6 Å². The van der Waals surface area contributed by atoms with Gasteiger partial charge in [0, 0.05) is 0 Å². The number of nitrogens with zero attached hydrogens (tertiary/aromatic N) is 2. The third-order valence-corrected chi connectivity index (χ3v) is 7.39. The van der Waals surface area contributed by atoms with E-state index in [9.17, 15) is 0 Å². The van der Waals surface area contributed by atoms with Gasteiger partial charge in [-0.25, -0.2) is 0 Å². The van der Waals surface area contributed by atoms with Crippen molar-refractivity contribution in [1.82, 2.24) is 0 Å². The Morgan fingerprint density at radius 1 is 0.556 bits per heavy atom. The summed E-state index contributed by atoms with van der Waals surface area (Å²) < 4.78 is 0. The maximum atomic E-state index is 5.46. The third-order valence-electron chi connectivity index (χ3n) is 7.39. The summed E-state index contributed by atoms with van der Waals surface area (Å²) in [6, 6.07) is 2.24. The molecule has 5 heteroatoms. The van der Waals surface area contributed by atoms with E-state index in [1.54, 1.807) is 0 Å². The van der Waals surface area contributed by atoms with Crippen molar-refractivity contribution >= 4 is 26.3 Å². The first kappa shape index (κ1) is 24.9. The van der Waals surface area contributed by atoms with Crippen molar-refractivity contribution in [3.63, 3.8) is 0 Å². The van der Waals surface area contributed by atoms with Crippen LogP contribution in [-0.2, 0) is 15.0 Å². The Morgan fingerprint density at radius 2 is 0.852 bits per heavy atom. The van der Waals surface area contributed by atoms with E-state index >= 15 is 0 Å². The zero-order chi connectivity index (χ0) is 19.8. The van der Waals surface area contributed by atoms with Crippen LogP contribution in [0, 0.1) is 23.7 Å². The molecular formula is C22H40Br2N2Ti-2. The second-order valence-corrected chi connectivity index (χ2v) is 17.4. The minimum atomic E-state index is 0.125. The normalized spacial score (nSPS) is 42.7. The first-order valence-corrected chi connectivity index (χ1v) is 19.1. The summed E-state index contributed by atoms with van der Waals surface area (Å²) in [5, 5.41) is 10.9.